The minimum absolute atomic E-state index is 0.0249. The largest absolute Gasteiger partial charge is 0.293 e. The van der Waals surface area contributed by atoms with Crippen molar-refractivity contribution in [1.29, 1.82) is 0 Å². The summed E-state index contributed by atoms with van der Waals surface area (Å²) in [5, 5.41) is 4.95. The Morgan fingerprint density at radius 3 is 2.79 bits per heavy atom. The SMILES string of the molecule is CCCc1nnsc1C(=O)Cc1ccc(Cl)c(Cl)c1. The van der Waals surface area contributed by atoms with Gasteiger partial charge in [-0.05, 0) is 35.6 Å². The summed E-state index contributed by atoms with van der Waals surface area (Å²) in [5.74, 6) is 0.0249. The molecular weight excluding hydrogens is 303 g/mol. The van der Waals surface area contributed by atoms with E-state index in [1.807, 2.05) is 6.92 Å². The van der Waals surface area contributed by atoms with Crippen molar-refractivity contribution in [2.45, 2.75) is 26.2 Å². The highest BCUT2D eigenvalue weighted by molar-refractivity contribution is 7.08. The molecule has 2 aromatic rings. The Hall–Kier alpha value is -0.970. The first kappa shape index (κ1) is 14.4. The highest BCUT2D eigenvalue weighted by Gasteiger charge is 2.16. The van der Waals surface area contributed by atoms with Crippen molar-refractivity contribution in [3.8, 4) is 0 Å². The molecule has 0 unspecified atom stereocenters. The first-order valence-electron chi connectivity index (χ1n) is 5.90. The lowest BCUT2D eigenvalue weighted by molar-refractivity contribution is 0.0996. The van der Waals surface area contributed by atoms with E-state index in [-0.39, 0.29) is 12.2 Å². The minimum atomic E-state index is 0.0249. The summed E-state index contributed by atoms with van der Waals surface area (Å²) in [6.07, 6.45) is 2.01. The fourth-order valence-corrected chi connectivity index (χ4v) is 2.70. The van der Waals surface area contributed by atoms with E-state index < -0.39 is 0 Å². The highest BCUT2D eigenvalue weighted by Crippen LogP contribution is 2.24. The summed E-state index contributed by atoms with van der Waals surface area (Å²) in [7, 11) is 0. The van der Waals surface area contributed by atoms with Crippen LogP contribution in [0.2, 0.25) is 10.0 Å². The highest BCUT2D eigenvalue weighted by atomic mass is 35.5. The Labute approximate surface area is 125 Å². The molecular formula is C13H12Cl2N2OS. The third-order valence-corrected chi connectivity index (χ3v) is 4.19. The van der Waals surface area contributed by atoms with Crippen molar-refractivity contribution < 1.29 is 4.79 Å². The van der Waals surface area contributed by atoms with E-state index in [1.165, 1.54) is 0 Å². The Morgan fingerprint density at radius 2 is 2.11 bits per heavy atom. The smallest absolute Gasteiger partial charge is 0.180 e. The molecule has 2 rings (SSSR count). The van der Waals surface area contributed by atoms with Crippen molar-refractivity contribution >= 4 is 40.5 Å². The lowest BCUT2D eigenvalue weighted by Gasteiger charge is -2.02. The fraction of sp³-hybridized carbons (Fsp3) is 0.308. The van der Waals surface area contributed by atoms with Crippen LogP contribution >= 0.6 is 34.7 Å². The number of halogens is 2. The van der Waals surface area contributed by atoms with E-state index in [9.17, 15) is 4.79 Å². The first-order chi connectivity index (χ1) is 9.11. The monoisotopic (exact) mass is 314 g/mol. The van der Waals surface area contributed by atoms with Gasteiger partial charge in [0.2, 0.25) is 0 Å². The number of rotatable bonds is 5. The topological polar surface area (TPSA) is 42.9 Å². The van der Waals surface area contributed by atoms with Gasteiger partial charge < -0.3 is 0 Å². The quantitative estimate of drug-likeness (QED) is 0.776. The average molecular weight is 315 g/mol. The third kappa shape index (κ3) is 3.53. The van der Waals surface area contributed by atoms with Gasteiger partial charge in [-0.25, -0.2) is 0 Å². The molecule has 0 spiro atoms. The van der Waals surface area contributed by atoms with E-state index in [0.717, 1.165) is 35.6 Å². The number of Topliss-reactive ketones (excluding diaryl/α,β-unsaturated/α-hetero) is 1. The number of hydrogen-bond donors (Lipinski definition) is 0. The van der Waals surface area contributed by atoms with Gasteiger partial charge in [0.1, 0.15) is 4.88 Å². The van der Waals surface area contributed by atoms with Crippen LogP contribution in [-0.4, -0.2) is 15.4 Å². The third-order valence-electron chi connectivity index (χ3n) is 2.64. The lowest BCUT2D eigenvalue weighted by Crippen LogP contribution is -2.05. The number of aryl methyl sites for hydroxylation is 1. The van der Waals surface area contributed by atoms with Crippen LogP contribution in [0.15, 0.2) is 18.2 Å². The van der Waals surface area contributed by atoms with Gasteiger partial charge in [0.25, 0.3) is 0 Å². The van der Waals surface area contributed by atoms with Crippen LogP contribution in [0.3, 0.4) is 0 Å². The van der Waals surface area contributed by atoms with Crippen LogP contribution in [0.4, 0.5) is 0 Å². The number of ketones is 1. The second-order valence-corrected chi connectivity index (χ2v) is 5.72. The molecule has 0 radical (unpaired) electrons. The van der Waals surface area contributed by atoms with Crippen molar-refractivity contribution in [1.82, 2.24) is 9.59 Å². The summed E-state index contributed by atoms with van der Waals surface area (Å²) in [4.78, 5) is 12.9. The number of benzene rings is 1. The summed E-state index contributed by atoms with van der Waals surface area (Å²) in [6.45, 7) is 2.05. The Balaban J connectivity index is 2.16. The van der Waals surface area contributed by atoms with Gasteiger partial charge in [0.05, 0.1) is 15.7 Å². The van der Waals surface area contributed by atoms with E-state index in [2.05, 4.69) is 9.59 Å². The normalized spacial score (nSPS) is 10.7. The molecule has 0 saturated heterocycles. The van der Waals surface area contributed by atoms with E-state index >= 15 is 0 Å². The van der Waals surface area contributed by atoms with Crippen LogP contribution in [0.1, 0.15) is 34.3 Å². The molecule has 19 heavy (non-hydrogen) atoms. The number of nitrogens with zero attached hydrogens (tertiary/aromatic N) is 2. The molecule has 0 atom stereocenters. The second kappa shape index (κ2) is 6.46. The van der Waals surface area contributed by atoms with E-state index in [0.29, 0.717) is 14.9 Å². The van der Waals surface area contributed by atoms with E-state index in [1.54, 1.807) is 18.2 Å². The van der Waals surface area contributed by atoms with Crippen molar-refractivity contribution in [3.05, 3.63) is 44.4 Å². The zero-order valence-corrected chi connectivity index (χ0v) is 12.6. The first-order valence-corrected chi connectivity index (χ1v) is 7.43. The number of aromatic nitrogens is 2. The summed E-state index contributed by atoms with van der Waals surface area (Å²) < 4.78 is 3.86. The number of hydrogen-bond acceptors (Lipinski definition) is 4. The van der Waals surface area contributed by atoms with Crippen molar-refractivity contribution in [2.75, 3.05) is 0 Å². The maximum atomic E-state index is 12.2. The Bertz CT molecular complexity index is 598. The minimum Gasteiger partial charge on any atom is -0.293 e. The molecule has 1 aromatic carbocycles. The number of carbonyl (C=O) groups excluding carboxylic acids is 1. The molecule has 0 amide bonds. The molecule has 1 heterocycles. The standard InChI is InChI=1S/C13H12Cl2N2OS/c1-2-3-11-13(19-17-16-11)12(18)7-8-4-5-9(14)10(15)6-8/h4-6H,2-3,7H2,1H3. The van der Waals surface area contributed by atoms with Crippen LogP contribution < -0.4 is 0 Å². The molecule has 0 N–H and O–H groups in total. The molecule has 6 heteroatoms. The van der Waals surface area contributed by atoms with Crippen LogP contribution in [0.25, 0.3) is 0 Å². The molecule has 0 aliphatic heterocycles. The summed E-state index contributed by atoms with van der Waals surface area (Å²) >= 11 is 12.9. The molecule has 100 valence electrons. The van der Waals surface area contributed by atoms with Gasteiger partial charge in [-0.2, -0.15) is 0 Å². The van der Waals surface area contributed by atoms with E-state index in [4.69, 9.17) is 23.2 Å². The number of carbonyl (C=O) groups is 1. The predicted molar refractivity (Wildman–Crippen MR) is 78.4 cm³/mol. The van der Waals surface area contributed by atoms with Gasteiger partial charge in [-0.1, -0.05) is 47.1 Å². The van der Waals surface area contributed by atoms with Crippen molar-refractivity contribution in [2.24, 2.45) is 0 Å². The second-order valence-electron chi connectivity index (χ2n) is 4.15. The molecule has 0 aliphatic rings. The van der Waals surface area contributed by atoms with Gasteiger partial charge in [0.15, 0.2) is 5.78 Å². The zero-order valence-electron chi connectivity index (χ0n) is 10.3. The Kier molecular flexibility index (Phi) is 4.91. The molecule has 0 bridgehead atoms. The lowest BCUT2D eigenvalue weighted by atomic mass is 10.1. The van der Waals surface area contributed by atoms with Gasteiger partial charge in [-0.15, -0.1) is 5.10 Å². The van der Waals surface area contributed by atoms with Crippen LogP contribution in [-0.2, 0) is 12.8 Å². The van der Waals surface area contributed by atoms with Gasteiger partial charge in [-0.3, -0.25) is 4.79 Å². The maximum Gasteiger partial charge on any atom is 0.180 e. The molecule has 0 fully saturated rings. The summed E-state index contributed by atoms with van der Waals surface area (Å²) in [5.41, 5.74) is 1.63. The molecule has 0 aliphatic carbocycles. The summed E-state index contributed by atoms with van der Waals surface area (Å²) in [6, 6.07) is 5.22. The van der Waals surface area contributed by atoms with Crippen molar-refractivity contribution in [3.63, 3.8) is 0 Å². The Morgan fingerprint density at radius 1 is 1.32 bits per heavy atom. The van der Waals surface area contributed by atoms with Gasteiger partial charge in [0, 0.05) is 6.42 Å². The van der Waals surface area contributed by atoms with Gasteiger partial charge >= 0.3 is 0 Å². The van der Waals surface area contributed by atoms with Crippen LogP contribution in [0, 0.1) is 0 Å². The maximum absolute atomic E-state index is 12.2. The fourth-order valence-electron chi connectivity index (χ4n) is 1.74. The molecule has 0 saturated carbocycles. The predicted octanol–water partition coefficient (Wildman–Crippen LogP) is 4.22. The average Bonchev–Trinajstić information content (AvgIpc) is 2.83. The molecule has 3 nitrogen and oxygen atoms in total. The molecule has 1 aromatic heterocycles. The van der Waals surface area contributed by atoms with Crippen LogP contribution in [0.5, 0.6) is 0 Å². The zero-order chi connectivity index (χ0) is 13.8.